The summed E-state index contributed by atoms with van der Waals surface area (Å²) >= 11 is 6.01. The molecule has 1 amide bonds. The van der Waals surface area contributed by atoms with Gasteiger partial charge in [-0.25, -0.2) is 4.39 Å². The molecule has 3 aromatic carbocycles. The van der Waals surface area contributed by atoms with Gasteiger partial charge in [-0.15, -0.1) is 0 Å². The van der Waals surface area contributed by atoms with Crippen molar-refractivity contribution in [1.29, 1.82) is 0 Å². The third kappa shape index (κ3) is 4.39. The van der Waals surface area contributed by atoms with Crippen molar-refractivity contribution >= 4 is 39.7 Å². The lowest BCUT2D eigenvalue weighted by molar-refractivity contribution is -0.111. The molecule has 0 unspecified atom stereocenters. The largest absolute Gasteiger partial charge is 0.496 e. The fraction of sp³-hybridized carbons (Fsp3) is 0.115. The van der Waals surface area contributed by atoms with E-state index in [0.717, 1.165) is 22.1 Å². The number of carbonyl (C=O) groups is 1. The summed E-state index contributed by atoms with van der Waals surface area (Å²) in [5.41, 5.74) is 4.90. The predicted molar refractivity (Wildman–Crippen MR) is 127 cm³/mol. The summed E-state index contributed by atoms with van der Waals surface area (Å²) in [6.07, 6.45) is 3.15. The first-order valence-electron chi connectivity index (χ1n) is 9.96. The third-order valence-corrected chi connectivity index (χ3v) is 5.51. The number of amides is 1. The Labute approximate surface area is 190 Å². The molecule has 1 N–H and O–H groups in total. The fourth-order valence-corrected chi connectivity index (χ4v) is 3.63. The maximum Gasteiger partial charge on any atom is 0.248 e. The smallest absolute Gasteiger partial charge is 0.248 e. The molecular weight excluding hydrogens is 429 g/mol. The summed E-state index contributed by atoms with van der Waals surface area (Å²) in [5.74, 6) is -0.152. The molecule has 4 nitrogen and oxygen atoms in total. The maximum atomic E-state index is 13.8. The van der Waals surface area contributed by atoms with Crippen molar-refractivity contribution in [2.75, 3.05) is 12.4 Å². The van der Waals surface area contributed by atoms with Crippen LogP contribution in [0.4, 0.5) is 10.1 Å². The van der Waals surface area contributed by atoms with Gasteiger partial charge in [0.2, 0.25) is 5.91 Å². The number of carbonyl (C=O) groups excluding carboxylic acids is 1. The molecule has 162 valence electrons. The Morgan fingerprint density at radius 3 is 2.56 bits per heavy atom. The molecular formula is C26H21ClFNO3. The first-order chi connectivity index (χ1) is 15.4. The number of rotatable bonds is 5. The van der Waals surface area contributed by atoms with Crippen LogP contribution in [0, 0.1) is 12.7 Å². The quantitative estimate of drug-likeness (QED) is 0.326. The summed E-state index contributed by atoms with van der Waals surface area (Å²) < 4.78 is 25.1. The SMILES string of the molecule is COc1cc2occ(-c3ccc(Cl)cc3)c2cc1/C(C)=C/C(=O)Nc1ccc(C)c(F)c1. The summed E-state index contributed by atoms with van der Waals surface area (Å²) in [7, 11) is 1.57. The number of nitrogens with one attached hydrogen (secondary N) is 1. The van der Waals surface area contributed by atoms with Crippen LogP contribution in [0.25, 0.3) is 27.7 Å². The van der Waals surface area contributed by atoms with Crippen molar-refractivity contribution in [1.82, 2.24) is 0 Å². The molecule has 1 aromatic heterocycles. The monoisotopic (exact) mass is 449 g/mol. The van der Waals surface area contributed by atoms with Gasteiger partial charge >= 0.3 is 0 Å². The van der Waals surface area contributed by atoms with Gasteiger partial charge in [-0.2, -0.15) is 0 Å². The van der Waals surface area contributed by atoms with Crippen LogP contribution in [-0.2, 0) is 4.79 Å². The van der Waals surface area contributed by atoms with Gasteiger partial charge in [-0.3, -0.25) is 4.79 Å². The standard InChI is InChI=1S/C26H21ClFNO3/c1-15-4-9-19(11-23(15)28)29-26(30)10-16(2)20-12-21-22(17-5-7-18(27)8-6-17)14-32-25(21)13-24(20)31-3/h4-14H,1-3H3,(H,29,30)/b16-10+. The number of fused-ring (bicyclic) bond motifs is 1. The van der Waals surface area contributed by atoms with E-state index < -0.39 is 0 Å². The zero-order valence-electron chi connectivity index (χ0n) is 17.8. The summed E-state index contributed by atoms with van der Waals surface area (Å²) in [4.78, 5) is 12.5. The van der Waals surface area contributed by atoms with Crippen LogP contribution in [0.5, 0.6) is 5.75 Å². The van der Waals surface area contributed by atoms with Gasteiger partial charge in [-0.1, -0.05) is 29.8 Å². The predicted octanol–water partition coefficient (Wildman–Crippen LogP) is 7.25. The third-order valence-electron chi connectivity index (χ3n) is 5.26. The molecule has 0 saturated carbocycles. The van der Waals surface area contributed by atoms with E-state index in [4.69, 9.17) is 20.8 Å². The maximum absolute atomic E-state index is 13.8. The minimum Gasteiger partial charge on any atom is -0.496 e. The van der Waals surface area contributed by atoms with Crippen LogP contribution >= 0.6 is 11.6 Å². The molecule has 6 heteroatoms. The number of aryl methyl sites for hydroxylation is 1. The molecule has 0 aliphatic heterocycles. The number of allylic oxidation sites excluding steroid dienone is 1. The van der Waals surface area contributed by atoms with E-state index in [1.165, 1.54) is 12.1 Å². The molecule has 0 spiro atoms. The number of hydrogen-bond donors (Lipinski definition) is 1. The van der Waals surface area contributed by atoms with E-state index in [1.807, 2.05) is 37.3 Å². The molecule has 0 radical (unpaired) electrons. The highest BCUT2D eigenvalue weighted by atomic mass is 35.5. The molecule has 32 heavy (non-hydrogen) atoms. The Balaban J connectivity index is 1.69. The van der Waals surface area contributed by atoms with E-state index in [1.54, 1.807) is 38.5 Å². The Kier molecular flexibility index (Phi) is 6.01. The first-order valence-corrected chi connectivity index (χ1v) is 10.3. The Morgan fingerprint density at radius 1 is 1.12 bits per heavy atom. The number of furan rings is 1. The highest BCUT2D eigenvalue weighted by molar-refractivity contribution is 6.30. The average molecular weight is 450 g/mol. The molecule has 0 fully saturated rings. The molecule has 0 aliphatic rings. The first kappa shape index (κ1) is 21.7. The second kappa shape index (κ2) is 8.89. The molecule has 0 aliphatic carbocycles. The molecule has 1 heterocycles. The normalized spacial score (nSPS) is 11.6. The topological polar surface area (TPSA) is 51.5 Å². The average Bonchev–Trinajstić information content (AvgIpc) is 3.18. The van der Waals surface area contributed by atoms with Crippen molar-refractivity contribution in [2.45, 2.75) is 13.8 Å². The highest BCUT2D eigenvalue weighted by Crippen LogP contribution is 2.37. The summed E-state index contributed by atoms with van der Waals surface area (Å²) in [5, 5.41) is 4.24. The van der Waals surface area contributed by atoms with Crippen LogP contribution in [0.1, 0.15) is 18.1 Å². The van der Waals surface area contributed by atoms with Crippen LogP contribution in [0.3, 0.4) is 0 Å². The molecule has 4 rings (SSSR count). The highest BCUT2D eigenvalue weighted by Gasteiger charge is 2.15. The van der Waals surface area contributed by atoms with Crippen molar-refractivity contribution < 1.29 is 18.3 Å². The number of halogens is 2. The van der Waals surface area contributed by atoms with Gasteiger partial charge in [0, 0.05) is 39.4 Å². The number of ether oxygens (including phenoxy) is 1. The van der Waals surface area contributed by atoms with Crippen molar-refractivity contribution in [3.05, 3.63) is 88.9 Å². The van der Waals surface area contributed by atoms with Gasteiger partial charge in [-0.05, 0) is 60.9 Å². The zero-order valence-corrected chi connectivity index (χ0v) is 18.6. The van der Waals surface area contributed by atoms with Crippen LogP contribution in [-0.4, -0.2) is 13.0 Å². The van der Waals surface area contributed by atoms with E-state index in [9.17, 15) is 9.18 Å². The lowest BCUT2D eigenvalue weighted by atomic mass is 9.99. The number of methoxy groups -OCH3 is 1. The Morgan fingerprint density at radius 2 is 1.88 bits per heavy atom. The number of benzene rings is 3. The van der Waals surface area contributed by atoms with Crippen LogP contribution in [0.15, 0.2) is 71.4 Å². The molecule has 0 bridgehead atoms. The van der Waals surface area contributed by atoms with Crippen LogP contribution < -0.4 is 10.1 Å². The van der Waals surface area contributed by atoms with Gasteiger partial charge < -0.3 is 14.5 Å². The van der Waals surface area contributed by atoms with Crippen molar-refractivity contribution in [3.8, 4) is 16.9 Å². The second-order valence-corrected chi connectivity index (χ2v) is 7.92. The van der Waals surface area contributed by atoms with Crippen LogP contribution in [0.2, 0.25) is 5.02 Å². The van der Waals surface area contributed by atoms with Gasteiger partial charge in [0.25, 0.3) is 0 Å². The van der Waals surface area contributed by atoms with E-state index in [0.29, 0.717) is 33.2 Å². The summed E-state index contributed by atoms with van der Waals surface area (Å²) in [6.45, 7) is 3.49. The van der Waals surface area contributed by atoms with Gasteiger partial charge in [0.15, 0.2) is 0 Å². The molecule has 4 aromatic rings. The van der Waals surface area contributed by atoms with E-state index >= 15 is 0 Å². The Bertz CT molecular complexity index is 1340. The Hall–Kier alpha value is -3.57. The van der Waals surface area contributed by atoms with Crippen molar-refractivity contribution in [2.24, 2.45) is 0 Å². The second-order valence-electron chi connectivity index (χ2n) is 7.49. The van der Waals surface area contributed by atoms with E-state index in [-0.39, 0.29) is 11.7 Å². The minimum atomic E-state index is -0.370. The van der Waals surface area contributed by atoms with Gasteiger partial charge in [0.05, 0.1) is 13.4 Å². The fourth-order valence-electron chi connectivity index (χ4n) is 3.51. The number of hydrogen-bond acceptors (Lipinski definition) is 3. The zero-order chi connectivity index (χ0) is 22.8. The van der Waals surface area contributed by atoms with Gasteiger partial charge in [0.1, 0.15) is 17.1 Å². The summed E-state index contributed by atoms with van der Waals surface area (Å²) in [6, 6.07) is 15.8. The lowest BCUT2D eigenvalue weighted by Gasteiger charge is -2.10. The van der Waals surface area contributed by atoms with E-state index in [2.05, 4.69) is 5.32 Å². The molecule has 0 saturated heterocycles. The minimum absolute atomic E-state index is 0.363. The molecule has 0 atom stereocenters. The number of anilines is 1. The lowest BCUT2D eigenvalue weighted by Crippen LogP contribution is -2.09. The van der Waals surface area contributed by atoms with Crippen molar-refractivity contribution in [3.63, 3.8) is 0 Å².